The largest absolute Gasteiger partial charge is 0.354 e. The minimum atomic E-state index is 0.158. The Morgan fingerprint density at radius 1 is 1.33 bits per heavy atom. The molecule has 12 heavy (non-hydrogen) atoms. The van der Waals surface area contributed by atoms with Crippen LogP contribution in [0.4, 0.5) is 0 Å². The van der Waals surface area contributed by atoms with Gasteiger partial charge in [0.05, 0.1) is 0 Å². The maximum atomic E-state index is 11.0. The summed E-state index contributed by atoms with van der Waals surface area (Å²) in [5.41, 5.74) is 0. The van der Waals surface area contributed by atoms with E-state index in [1.807, 2.05) is 6.92 Å². The Bertz CT molecular complexity index is 134. The molecule has 0 heterocycles. The molecule has 0 rings (SSSR count). The highest BCUT2D eigenvalue weighted by molar-refractivity contribution is 5.75. The fraction of sp³-hybridized carbons (Fsp3) is 0.900. The standard InChI is InChI=1S/C10H21NO/c1-5-8(3)7-9(4)11-10(12)6-2/h8-9H,5-7H2,1-4H3,(H,11,12)/t8?,9-/m1/s1. The van der Waals surface area contributed by atoms with Crippen LogP contribution in [0.5, 0.6) is 0 Å². The van der Waals surface area contributed by atoms with E-state index < -0.39 is 0 Å². The third kappa shape index (κ3) is 5.16. The van der Waals surface area contributed by atoms with E-state index in [-0.39, 0.29) is 5.91 Å². The highest BCUT2D eigenvalue weighted by Crippen LogP contribution is 2.09. The summed E-state index contributed by atoms with van der Waals surface area (Å²) in [4.78, 5) is 11.0. The van der Waals surface area contributed by atoms with Crippen LogP contribution in [0.15, 0.2) is 0 Å². The van der Waals surface area contributed by atoms with Crippen molar-refractivity contribution in [2.75, 3.05) is 0 Å². The van der Waals surface area contributed by atoms with Gasteiger partial charge >= 0.3 is 0 Å². The number of hydrogen-bond donors (Lipinski definition) is 1. The van der Waals surface area contributed by atoms with Crippen molar-refractivity contribution >= 4 is 5.91 Å². The van der Waals surface area contributed by atoms with E-state index >= 15 is 0 Å². The van der Waals surface area contributed by atoms with Gasteiger partial charge in [-0.2, -0.15) is 0 Å². The maximum absolute atomic E-state index is 11.0. The molecule has 72 valence electrons. The smallest absolute Gasteiger partial charge is 0.219 e. The third-order valence-corrected chi connectivity index (χ3v) is 2.18. The second-order valence-corrected chi connectivity index (χ2v) is 3.57. The van der Waals surface area contributed by atoms with Crippen molar-refractivity contribution in [1.29, 1.82) is 0 Å². The zero-order chi connectivity index (χ0) is 9.56. The highest BCUT2D eigenvalue weighted by atomic mass is 16.1. The SMILES string of the molecule is CCC(=O)N[C@H](C)CC(C)CC. The van der Waals surface area contributed by atoms with Gasteiger partial charge < -0.3 is 5.32 Å². The average molecular weight is 171 g/mol. The summed E-state index contributed by atoms with van der Waals surface area (Å²) < 4.78 is 0. The normalized spacial score (nSPS) is 15.3. The Hall–Kier alpha value is -0.530. The van der Waals surface area contributed by atoms with Gasteiger partial charge in [0.25, 0.3) is 0 Å². The van der Waals surface area contributed by atoms with Crippen LogP contribution < -0.4 is 5.32 Å². The van der Waals surface area contributed by atoms with Gasteiger partial charge in [0.15, 0.2) is 0 Å². The number of carbonyl (C=O) groups excluding carboxylic acids is 1. The number of nitrogens with one attached hydrogen (secondary N) is 1. The van der Waals surface area contributed by atoms with Gasteiger partial charge in [0, 0.05) is 12.5 Å². The average Bonchev–Trinajstić information content (AvgIpc) is 2.03. The lowest BCUT2D eigenvalue weighted by atomic mass is 10.0. The molecule has 0 aliphatic heterocycles. The van der Waals surface area contributed by atoms with Crippen LogP contribution in [0.3, 0.4) is 0 Å². The molecule has 0 aliphatic rings. The zero-order valence-corrected chi connectivity index (χ0v) is 8.68. The first-order valence-electron chi connectivity index (χ1n) is 4.89. The Kier molecular flexibility index (Phi) is 5.77. The molecule has 2 nitrogen and oxygen atoms in total. The lowest BCUT2D eigenvalue weighted by molar-refractivity contribution is -0.121. The van der Waals surface area contributed by atoms with Crippen molar-refractivity contribution in [3.63, 3.8) is 0 Å². The molecular formula is C10H21NO. The molecule has 0 aromatic heterocycles. The van der Waals surface area contributed by atoms with E-state index in [4.69, 9.17) is 0 Å². The van der Waals surface area contributed by atoms with E-state index in [1.165, 1.54) is 6.42 Å². The second kappa shape index (κ2) is 6.04. The lowest BCUT2D eigenvalue weighted by Crippen LogP contribution is -2.33. The second-order valence-electron chi connectivity index (χ2n) is 3.57. The monoisotopic (exact) mass is 171 g/mol. The Balaban J connectivity index is 3.58. The first kappa shape index (κ1) is 11.5. The van der Waals surface area contributed by atoms with E-state index in [0.29, 0.717) is 18.4 Å². The van der Waals surface area contributed by atoms with E-state index in [2.05, 4.69) is 26.1 Å². The first-order valence-corrected chi connectivity index (χ1v) is 4.89. The Labute approximate surface area is 75.7 Å². The van der Waals surface area contributed by atoms with Crippen LogP contribution in [0.25, 0.3) is 0 Å². The van der Waals surface area contributed by atoms with Gasteiger partial charge in [0.1, 0.15) is 0 Å². The lowest BCUT2D eigenvalue weighted by Gasteiger charge is -2.16. The topological polar surface area (TPSA) is 29.1 Å². The van der Waals surface area contributed by atoms with Gasteiger partial charge in [-0.25, -0.2) is 0 Å². The fourth-order valence-electron chi connectivity index (χ4n) is 1.21. The minimum absolute atomic E-state index is 0.158. The van der Waals surface area contributed by atoms with Crippen LogP contribution in [0, 0.1) is 5.92 Å². The van der Waals surface area contributed by atoms with Crippen LogP contribution in [0.1, 0.15) is 47.0 Å². The molecule has 1 unspecified atom stereocenters. The van der Waals surface area contributed by atoms with Crippen molar-refractivity contribution in [1.82, 2.24) is 5.32 Å². The number of amides is 1. The fourth-order valence-corrected chi connectivity index (χ4v) is 1.21. The molecule has 0 saturated heterocycles. The molecule has 0 fully saturated rings. The quantitative estimate of drug-likeness (QED) is 0.676. The summed E-state index contributed by atoms with van der Waals surface area (Å²) in [6.45, 7) is 8.35. The number of hydrogen-bond acceptors (Lipinski definition) is 1. The van der Waals surface area contributed by atoms with Gasteiger partial charge in [0.2, 0.25) is 5.91 Å². The van der Waals surface area contributed by atoms with Gasteiger partial charge in [-0.1, -0.05) is 27.2 Å². The molecule has 0 aromatic rings. The van der Waals surface area contributed by atoms with Crippen molar-refractivity contribution in [3.05, 3.63) is 0 Å². The molecule has 0 radical (unpaired) electrons. The van der Waals surface area contributed by atoms with Crippen LogP contribution in [-0.2, 0) is 4.79 Å². The maximum Gasteiger partial charge on any atom is 0.219 e. The summed E-state index contributed by atoms with van der Waals surface area (Å²) in [7, 11) is 0. The highest BCUT2D eigenvalue weighted by Gasteiger charge is 2.08. The van der Waals surface area contributed by atoms with Gasteiger partial charge in [-0.05, 0) is 19.3 Å². The summed E-state index contributed by atoms with van der Waals surface area (Å²) >= 11 is 0. The van der Waals surface area contributed by atoms with Crippen molar-refractivity contribution in [2.45, 2.75) is 53.0 Å². The van der Waals surface area contributed by atoms with Crippen LogP contribution in [0.2, 0.25) is 0 Å². The van der Waals surface area contributed by atoms with Crippen LogP contribution in [-0.4, -0.2) is 11.9 Å². The molecule has 0 spiro atoms. The van der Waals surface area contributed by atoms with Crippen molar-refractivity contribution in [2.24, 2.45) is 5.92 Å². The summed E-state index contributed by atoms with van der Waals surface area (Å²) in [6.07, 6.45) is 2.86. The van der Waals surface area contributed by atoms with Gasteiger partial charge in [-0.15, -0.1) is 0 Å². The van der Waals surface area contributed by atoms with E-state index in [9.17, 15) is 4.79 Å². The predicted molar refractivity (Wildman–Crippen MR) is 52.0 cm³/mol. The molecule has 0 bridgehead atoms. The Morgan fingerprint density at radius 2 is 1.92 bits per heavy atom. The first-order chi connectivity index (χ1) is 5.60. The molecule has 1 N–H and O–H groups in total. The van der Waals surface area contributed by atoms with Crippen molar-refractivity contribution in [3.8, 4) is 0 Å². The molecule has 1 amide bonds. The number of carbonyl (C=O) groups is 1. The molecule has 2 heteroatoms. The summed E-state index contributed by atoms with van der Waals surface area (Å²) in [5.74, 6) is 0.864. The molecular weight excluding hydrogens is 150 g/mol. The number of rotatable bonds is 5. The van der Waals surface area contributed by atoms with Crippen molar-refractivity contribution < 1.29 is 4.79 Å². The molecule has 0 aromatic carbocycles. The van der Waals surface area contributed by atoms with Crippen LogP contribution >= 0.6 is 0 Å². The Morgan fingerprint density at radius 3 is 2.33 bits per heavy atom. The summed E-state index contributed by atoms with van der Waals surface area (Å²) in [6, 6.07) is 0.326. The predicted octanol–water partition coefficient (Wildman–Crippen LogP) is 2.34. The van der Waals surface area contributed by atoms with E-state index in [1.54, 1.807) is 0 Å². The molecule has 0 saturated carbocycles. The third-order valence-electron chi connectivity index (χ3n) is 2.18. The molecule has 2 atom stereocenters. The van der Waals surface area contributed by atoms with Gasteiger partial charge in [-0.3, -0.25) is 4.79 Å². The zero-order valence-electron chi connectivity index (χ0n) is 8.68. The summed E-state index contributed by atoms with van der Waals surface area (Å²) in [5, 5.41) is 2.96. The minimum Gasteiger partial charge on any atom is -0.354 e. The molecule has 0 aliphatic carbocycles. The van der Waals surface area contributed by atoms with E-state index in [0.717, 1.165) is 6.42 Å².